The first kappa shape index (κ1) is 24.0. The molecule has 0 aromatic carbocycles. The van der Waals surface area contributed by atoms with Crippen LogP contribution in [0.15, 0.2) is 0 Å². The lowest BCUT2D eigenvalue weighted by Crippen LogP contribution is -2.59. The first-order valence-corrected chi connectivity index (χ1v) is 15.7. The van der Waals surface area contributed by atoms with Crippen molar-refractivity contribution in [3.05, 3.63) is 0 Å². The minimum atomic E-state index is -0.0820. The van der Waals surface area contributed by atoms with E-state index in [1.807, 2.05) is 0 Å². The molecule has 36 heavy (non-hydrogen) atoms. The highest BCUT2D eigenvalue weighted by molar-refractivity contribution is 5.84. The number of hydrogen-bond donors (Lipinski definition) is 2. The average Bonchev–Trinajstić information content (AvgIpc) is 2.76. The van der Waals surface area contributed by atoms with Crippen LogP contribution in [-0.2, 0) is 9.59 Å². The number of amides is 2. The van der Waals surface area contributed by atoms with Crippen LogP contribution in [0.2, 0.25) is 0 Å². The van der Waals surface area contributed by atoms with Gasteiger partial charge in [-0.3, -0.25) is 9.59 Å². The van der Waals surface area contributed by atoms with Crippen molar-refractivity contribution in [3.63, 3.8) is 0 Å². The molecule has 200 valence electrons. The van der Waals surface area contributed by atoms with Crippen molar-refractivity contribution in [2.24, 2.45) is 57.7 Å². The van der Waals surface area contributed by atoms with Gasteiger partial charge in [-0.05, 0) is 143 Å². The summed E-state index contributed by atoms with van der Waals surface area (Å²) in [6, 6.07) is 0.398. The topological polar surface area (TPSA) is 58.2 Å². The van der Waals surface area contributed by atoms with Crippen LogP contribution in [0.25, 0.3) is 0 Å². The van der Waals surface area contributed by atoms with E-state index in [1.54, 1.807) is 0 Å². The second-order valence-electron chi connectivity index (χ2n) is 16.5. The molecule has 4 heteroatoms. The van der Waals surface area contributed by atoms with Gasteiger partial charge in [0, 0.05) is 22.9 Å². The summed E-state index contributed by atoms with van der Waals surface area (Å²) in [5.74, 6) is 6.03. The summed E-state index contributed by atoms with van der Waals surface area (Å²) in [5.41, 5.74) is 0.0243. The van der Waals surface area contributed by atoms with E-state index >= 15 is 0 Å². The standard InChI is InChI=1S/C32H50N2O2/c1-30(2,3)25-10-26(33-28(35)31-13-19-4-20(14-31)6-21(5-19)15-31)12-27(11-25)34-29(36)32-16-22-7-23(17-32)9-24(8-22)18-32/h19-27H,4-18H2,1-3H3,(H,33,35)(H,34,36). The fourth-order valence-corrected chi connectivity index (χ4v) is 11.7. The Kier molecular flexibility index (Phi) is 5.48. The van der Waals surface area contributed by atoms with Crippen molar-refractivity contribution in [1.82, 2.24) is 10.6 Å². The Bertz CT molecular complexity index is 779. The van der Waals surface area contributed by atoms with E-state index in [4.69, 9.17) is 0 Å². The predicted octanol–water partition coefficient (Wildman–Crippen LogP) is 6.24. The Morgan fingerprint density at radius 1 is 0.528 bits per heavy atom. The molecule has 2 unspecified atom stereocenters. The fourth-order valence-electron chi connectivity index (χ4n) is 11.7. The molecular weight excluding hydrogens is 444 g/mol. The summed E-state index contributed by atoms with van der Waals surface area (Å²) in [6.07, 6.45) is 18.1. The number of carbonyl (C=O) groups excluding carboxylic acids is 2. The SMILES string of the molecule is CC(C)(C)C1CC(NC(=O)C23CC4CC(CC(C4)C2)C3)CC(NC(=O)C23CC4CC(CC(C4)C2)C3)C1. The van der Waals surface area contributed by atoms with Crippen LogP contribution >= 0.6 is 0 Å². The Hall–Kier alpha value is -1.06. The van der Waals surface area contributed by atoms with Crippen molar-refractivity contribution in [3.8, 4) is 0 Å². The van der Waals surface area contributed by atoms with E-state index in [0.29, 0.717) is 17.7 Å². The lowest BCUT2D eigenvalue weighted by Gasteiger charge is -2.56. The van der Waals surface area contributed by atoms with E-state index in [0.717, 1.165) is 93.3 Å². The molecule has 9 aliphatic rings. The van der Waals surface area contributed by atoms with Crippen molar-refractivity contribution < 1.29 is 9.59 Å². The molecule has 0 radical (unpaired) electrons. The van der Waals surface area contributed by atoms with Crippen LogP contribution < -0.4 is 10.6 Å². The summed E-state index contributed by atoms with van der Waals surface area (Å²) >= 11 is 0. The highest BCUT2D eigenvalue weighted by Crippen LogP contribution is 2.61. The normalized spacial score (nSPS) is 50.8. The first-order chi connectivity index (χ1) is 17.1. The number of hydrogen-bond acceptors (Lipinski definition) is 2. The van der Waals surface area contributed by atoms with E-state index < -0.39 is 0 Å². The molecule has 0 aliphatic heterocycles. The Balaban J connectivity index is 1.05. The highest BCUT2D eigenvalue weighted by atomic mass is 16.2. The number of rotatable bonds is 4. The maximum atomic E-state index is 13.9. The number of nitrogens with one attached hydrogen (secondary N) is 2. The molecule has 9 saturated carbocycles. The summed E-state index contributed by atoms with van der Waals surface area (Å²) in [5, 5.41) is 7.25. The zero-order chi connectivity index (χ0) is 24.9. The van der Waals surface area contributed by atoms with Gasteiger partial charge in [0.05, 0.1) is 0 Å². The van der Waals surface area contributed by atoms with E-state index in [-0.39, 0.29) is 28.3 Å². The Morgan fingerprint density at radius 2 is 0.833 bits per heavy atom. The lowest BCUT2D eigenvalue weighted by molar-refractivity contribution is -0.148. The third-order valence-electron chi connectivity index (χ3n) is 12.6. The van der Waals surface area contributed by atoms with Gasteiger partial charge < -0.3 is 10.6 Å². The molecule has 0 saturated heterocycles. The largest absolute Gasteiger partial charge is 0.353 e. The zero-order valence-electron chi connectivity index (χ0n) is 23.1. The maximum absolute atomic E-state index is 13.9. The Morgan fingerprint density at radius 3 is 1.11 bits per heavy atom. The number of carbonyl (C=O) groups is 2. The molecule has 9 aliphatic carbocycles. The third kappa shape index (κ3) is 4.06. The quantitative estimate of drug-likeness (QED) is 0.486. The van der Waals surface area contributed by atoms with Crippen LogP contribution in [0.4, 0.5) is 0 Å². The van der Waals surface area contributed by atoms with E-state index in [1.165, 1.54) is 38.5 Å². The summed E-state index contributed by atoms with van der Waals surface area (Å²) < 4.78 is 0. The van der Waals surface area contributed by atoms with Crippen LogP contribution in [0.3, 0.4) is 0 Å². The smallest absolute Gasteiger partial charge is 0.226 e. The van der Waals surface area contributed by atoms with Crippen molar-refractivity contribution in [1.29, 1.82) is 0 Å². The lowest BCUT2D eigenvalue weighted by atomic mass is 9.49. The maximum Gasteiger partial charge on any atom is 0.226 e. The van der Waals surface area contributed by atoms with Gasteiger partial charge in [-0.25, -0.2) is 0 Å². The fraction of sp³-hybridized carbons (Fsp3) is 0.938. The molecule has 9 fully saturated rings. The minimum absolute atomic E-state index is 0.0820. The van der Waals surface area contributed by atoms with Gasteiger partial charge in [0.1, 0.15) is 0 Å². The van der Waals surface area contributed by atoms with Gasteiger partial charge in [0.25, 0.3) is 0 Å². The zero-order valence-corrected chi connectivity index (χ0v) is 23.1. The molecule has 9 rings (SSSR count). The molecule has 0 heterocycles. The summed E-state index contributed by atoms with van der Waals surface area (Å²) in [7, 11) is 0. The Labute approximate surface area is 218 Å². The van der Waals surface area contributed by atoms with Crippen LogP contribution in [0, 0.1) is 57.7 Å². The molecule has 2 N–H and O–H groups in total. The van der Waals surface area contributed by atoms with Gasteiger partial charge in [0.15, 0.2) is 0 Å². The molecule has 0 aromatic rings. The van der Waals surface area contributed by atoms with Crippen LogP contribution in [0.5, 0.6) is 0 Å². The third-order valence-corrected chi connectivity index (χ3v) is 12.6. The van der Waals surface area contributed by atoms with Crippen molar-refractivity contribution >= 4 is 11.8 Å². The molecule has 2 atom stereocenters. The van der Waals surface area contributed by atoms with E-state index in [9.17, 15) is 9.59 Å². The molecule has 2 amide bonds. The minimum Gasteiger partial charge on any atom is -0.353 e. The van der Waals surface area contributed by atoms with Crippen molar-refractivity contribution in [2.75, 3.05) is 0 Å². The van der Waals surface area contributed by atoms with Gasteiger partial charge in [-0.2, -0.15) is 0 Å². The molecule has 0 aromatic heterocycles. The van der Waals surface area contributed by atoms with Crippen LogP contribution in [0.1, 0.15) is 117 Å². The molecule has 4 nitrogen and oxygen atoms in total. The molecular formula is C32H50N2O2. The van der Waals surface area contributed by atoms with Gasteiger partial charge >= 0.3 is 0 Å². The summed E-state index contributed by atoms with van der Waals surface area (Å²) in [6.45, 7) is 7.04. The summed E-state index contributed by atoms with van der Waals surface area (Å²) in [4.78, 5) is 27.8. The van der Waals surface area contributed by atoms with Gasteiger partial charge in [0.2, 0.25) is 11.8 Å². The average molecular weight is 495 g/mol. The molecule has 0 spiro atoms. The van der Waals surface area contributed by atoms with Gasteiger partial charge in [-0.1, -0.05) is 20.8 Å². The van der Waals surface area contributed by atoms with Gasteiger partial charge in [-0.15, -0.1) is 0 Å². The second kappa shape index (κ2) is 8.22. The predicted molar refractivity (Wildman–Crippen MR) is 142 cm³/mol. The van der Waals surface area contributed by atoms with E-state index in [2.05, 4.69) is 31.4 Å². The van der Waals surface area contributed by atoms with Crippen molar-refractivity contribution in [2.45, 2.75) is 129 Å². The van der Waals surface area contributed by atoms with Crippen LogP contribution in [-0.4, -0.2) is 23.9 Å². The highest BCUT2D eigenvalue weighted by Gasteiger charge is 2.56. The first-order valence-electron chi connectivity index (χ1n) is 15.7. The second-order valence-corrected chi connectivity index (χ2v) is 16.5. The monoisotopic (exact) mass is 494 g/mol. The molecule has 8 bridgehead atoms.